The van der Waals surface area contributed by atoms with Gasteiger partial charge in [0.2, 0.25) is 0 Å². The van der Waals surface area contributed by atoms with Crippen molar-refractivity contribution in [3.05, 3.63) is 29.3 Å². The molecule has 2 unspecified atom stereocenters. The zero-order valence-electron chi connectivity index (χ0n) is 11.3. The van der Waals surface area contributed by atoms with Gasteiger partial charge in [0.1, 0.15) is 5.75 Å². The van der Waals surface area contributed by atoms with E-state index < -0.39 is 0 Å². The molecule has 1 aromatic rings. The third-order valence-corrected chi connectivity index (χ3v) is 3.71. The first-order valence-corrected chi connectivity index (χ1v) is 6.73. The number of methoxy groups -OCH3 is 1. The fraction of sp³-hybridized carbons (Fsp3) is 0.600. The Morgan fingerprint density at radius 2 is 2.28 bits per heavy atom. The number of benzene rings is 1. The highest BCUT2D eigenvalue weighted by atomic mass is 16.5. The Hall–Kier alpha value is -1.06. The summed E-state index contributed by atoms with van der Waals surface area (Å²) in [4.78, 5) is 0. The molecule has 1 aliphatic rings. The van der Waals surface area contributed by atoms with Gasteiger partial charge in [-0.15, -0.1) is 0 Å². The molecule has 18 heavy (non-hydrogen) atoms. The zero-order chi connectivity index (χ0) is 13.0. The van der Waals surface area contributed by atoms with E-state index in [9.17, 15) is 0 Å². The molecule has 0 radical (unpaired) electrons. The van der Waals surface area contributed by atoms with Crippen LogP contribution in [-0.4, -0.2) is 31.4 Å². The van der Waals surface area contributed by atoms with E-state index in [1.165, 1.54) is 17.5 Å². The smallest absolute Gasteiger partial charge is 0.119 e. The van der Waals surface area contributed by atoms with Crippen molar-refractivity contribution >= 4 is 0 Å². The second-order valence-corrected chi connectivity index (χ2v) is 5.27. The van der Waals surface area contributed by atoms with E-state index in [-0.39, 0.29) is 6.61 Å². The normalized spacial score (nSPS) is 20.3. The van der Waals surface area contributed by atoms with E-state index in [2.05, 4.69) is 24.4 Å². The summed E-state index contributed by atoms with van der Waals surface area (Å²) in [5, 5.41) is 12.6. The lowest BCUT2D eigenvalue weighted by Crippen LogP contribution is -2.37. The first-order chi connectivity index (χ1) is 8.72. The Morgan fingerprint density at radius 1 is 1.44 bits per heavy atom. The van der Waals surface area contributed by atoms with Crippen LogP contribution < -0.4 is 10.1 Å². The van der Waals surface area contributed by atoms with Gasteiger partial charge < -0.3 is 15.2 Å². The van der Waals surface area contributed by atoms with Crippen LogP contribution >= 0.6 is 0 Å². The maximum atomic E-state index is 9.03. The number of aryl methyl sites for hydroxylation is 1. The van der Waals surface area contributed by atoms with Gasteiger partial charge >= 0.3 is 0 Å². The van der Waals surface area contributed by atoms with Gasteiger partial charge in [0, 0.05) is 19.2 Å². The molecule has 1 aliphatic carbocycles. The van der Waals surface area contributed by atoms with Crippen LogP contribution in [0, 0.1) is 5.92 Å². The number of aliphatic hydroxyl groups is 1. The highest BCUT2D eigenvalue weighted by molar-refractivity contribution is 5.37. The lowest BCUT2D eigenvalue weighted by atomic mass is 9.88. The van der Waals surface area contributed by atoms with E-state index in [1.807, 2.05) is 6.07 Å². The van der Waals surface area contributed by atoms with Crippen molar-refractivity contribution in [2.24, 2.45) is 5.92 Å². The molecule has 0 amide bonds. The number of aliphatic hydroxyl groups excluding tert-OH is 1. The molecule has 0 spiro atoms. The maximum absolute atomic E-state index is 9.03. The van der Waals surface area contributed by atoms with Gasteiger partial charge in [-0.1, -0.05) is 13.0 Å². The molecular formula is C15H23NO2. The third-order valence-electron chi connectivity index (χ3n) is 3.71. The summed E-state index contributed by atoms with van der Waals surface area (Å²) in [6, 6.07) is 6.90. The average molecular weight is 249 g/mol. The van der Waals surface area contributed by atoms with Crippen molar-refractivity contribution in [2.45, 2.75) is 32.2 Å². The zero-order valence-corrected chi connectivity index (χ0v) is 11.3. The Labute approximate surface area is 109 Å². The first kappa shape index (κ1) is 13.4. The molecular weight excluding hydrogens is 226 g/mol. The number of fused-ring (bicyclic) bond motifs is 1. The summed E-state index contributed by atoms with van der Waals surface area (Å²) in [5.41, 5.74) is 2.85. The van der Waals surface area contributed by atoms with Gasteiger partial charge in [-0.05, 0) is 48.4 Å². The van der Waals surface area contributed by atoms with Crippen LogP contribution in [0.4, 0.5) is 0 Å². The molecule has 0 aliphatic heterocycles. The number of nitrogens with one attached hydrogen (secondary N) is 1. The summed E-state index contributed by atoms with van der Waals surface area (Å²) in [5.74, 6) is 1.27. The summed E-state index contributed by atoms with van der Waals surface area (Å²) < 4.78 is 5.28. The Morgan fingerprint density at radius 3 is 3.00 bits per heavy atom. The predicted molar refractivity (Wildman–Crippen MR) is 73.1 cm³/mol. The molecule has 2 rings (SSSR count). The molecule has 1 aromatic carbocycles. The van der Waals surface area contributed by atoms with Gasteiger partial charge in [0.15, 0.2) is 0 Å². The average Bonchev–Trinajstić information content (AvgIpc) is 2.43. The Bertz CT molecular complexity index is 392. The summed E-state index contributed by atoms with van der Waals surface area (Å²) in [7, 11) is 1.71. The maximum Gasteiger partial charge on any atom is 0.119 e. The first-order valence-electron chi connectivity index (χ1n) is 6.73. The van der Waals surface area contributed by atoms with Gasteiger partial charge in [-0.25, -0.2) is 0 Å². The molecule has 0 fully saturated rings. The fourth-order valence-electron chi connectivity index (χ4n) is 2.47. The minimum absolute atomic E-state index is 0.254. The third kappa shape index (κ3) is 3.24. The molecule has 0 bridgehead atoms. The standard InChI is InChI=1S/C15H23NO2/c1-11(10-17)9-16-14-5-3-12-4-6-15(18-2)8-13(12)7-14/h4,6,8,11,14,16-17H,3,5,7,9-10H2,1-2H3. The summed E-state index contributed by atoms with van der Waals surface area (Å²) in [6.07, 6.45) is 3.37. The molecule has 3 heteroatoms. The van der Waals surface area contributed by atoms with Crippen LogP contribution in [0.25, 0.3) is 0 Å². The van der Waals surface area contributed by atoms with Gasteiger partial charge in [0.05, 0.1) is 7.11 Å². The number of rotatable bonds is 5. The van der Waals surface area contributed by atoms with Crippen molar-refractivity contribution in [1.82, 2.24) is 5.32 Å². The lowest BCUT2D eigenvalue weighted by molar-refractivity contribution is 0.228. The predicted octanol–water partition coefficient (Wildman–Crippen LogP) is 1.77. The minimum atomic E-state index is 0.254. The van der Waals surface area contributed by atoms with E-state index >= 15 is 0 Å². The molecule has 3 nitrogen and oxygen atoms in total. The molecule has 0 saturated heterocycles. The van der Waals surface area contributed by atoms with Crippen molar-refractivity contribution < 1.29 is 9.84 Å². The summed E-state index contributed by atoms with van der Waals surface area (Å²) >= 11 is 0. The molecule has 2 N–H and O–H groups in total. The van der Waals surface area contributed by atoms with Crippen LogP contribution in [0.3, 0.4) is 0 Å². The SMILES string of the molecule is COc1ccc2c(c1)CC(NCC(C)CO)CC2. The monoisotopic (exact) mass is 249 g/mol. The number of hydrogen-bond acceptors (Lipinski definition) is 3. The van der Waals surface area contributed by atoms with Crippen LogP contribution in [0.1, 0.15) is 24.5 Å². The largest absolute Gasteiger partial charge is 0.497 e. The van der Waals surface area contributed by atoms with Crippen molar-refractivity contribution in [3.8, 4) is 5.75 Å². The summed E-state index contributed by atoms with van der Waals surface area (Å²) in [6.45, 7) is 3.21. The lowest BCUT2D eigenvalue weighted by Gasteiger charge is -2.27. The molecule has 2 atom stereocenters. The number of hydrogen-bond donors (Lipinski definition) is 2. The van der Waals surface area contributed by atoms with Gasteiger partial charge in [-0.3, -0.25) is 0 Å². The van der Waals surface area contributed by atoms with Gasteiger partial charge in [0.25, 0.3) is 0 Å². The Kier molecular flexibility index (Phi) is 4.61. The highest BCUT2D eigenvalue weighted by Crippen LogP contribution is 2.25. The Balaban J connectivity index is 1.96. The van der Waals surface area contributed by atoms with Crippen LogP contribution in [-0.2, 0) is 12.8 Å². The molecule has 0 heterocycles. The number of ether oxygens (including phenoxy) is 1. The van der Waals surface area contributed by atoms with Crippen LogP contribution in [0.15, 0.2) is 18.2 Å². The quantitative estimate of drug-likeness (QED) is 0.835. The van der Waals surface area contributed by atoms with Crippen molar-refractivity contribution in [2.75, 3.05) is 20.3 Å². The topological polar surface area (TPSA) is 41.5 Å². The molecule has 100 valence electrons. The van der Waals surface area contributed by atoms with E-state index in [0.29, 0.717) is 12.0 Å². The second kappa shape index (κ2) is 6.21. The van der Waals surface area contributed by atoms with Gasteiger partial charge in [-0.2, -0.15) is 0 Å². The van der Waals surface area contributed by atoms with Crippen LogP contribution in [0.5, 0.6) is 5.75 Å². The van der Waals surface area contributed by atoms with E-state index in [1.54, 1.807) is 7.11 Å². The highest BCUT2D eigenvalue weighted by Gasteiger charge is 2.19. The van der Waals surface area contributed by atoms with E-state index in [4.69, 9.17) is 9.84 Å². The molecule has 0 saturated carbocycles. The van der Waals surface area contributed by atoms with E-state index in [0.717, 1.165) is 25.1 Å². The molecule has 0 aromatic heterocycles. The second-order valence-electron chi connectivity index (χ2n) is 5.27. The van der Waals surface area contributed by atoms with Crippen molar-refractivity contribution in [3.63, 3.8) is 0 Å². The minimum Gasteiger partial charge on any atom is -0.497 e. The fourth-order valence-corrected chi connectivity index (χ4v) is 2.47. The van der Waals surface area contributed by atoms with Crippen LogP contribution in [0.2, 0.25) is 0 Å². The van der Waals surface area contributed by atoms with Crippen molar-refractivity contribution in [1.29, 1.82) is 0 Å².